The fourth-order valence-corrected chi connectivity index (χ4v) is 3.64. The fourth-order valence-electron chi connectivity index (χ4n) is 3.37. The number of allylic oxidation sites excluding steroid dienone is 1. The maximum Gasteiger partial charge on any atom is 0.353 e. The summed E-state index contributed by atoms with van der Waals surface area (Å²) < 4.78 is 16.6. The number of oxime groups is 1. The number of nitrogens with two attached hydrogens (primary N) is 1. The molecule has 0 aliphatic heterocycles. The van der Waals surface area contributed by atoms with Crippen LogP contribution in [0.1, 0.15) is 37.8 Å². The zero-order valence-electron chi connectivity index (χ0n) is 17.7. The van der Waals surface area contributed by atoms with Gasteiger partial charge in [-0.15, -0.1) is 0 Å². The molecule has 9 heteroatoms. The number of nitrogens with one attached hydrogen (secondary N) is 1. The van der Waals surface area contributed by atoms with Crippen molar-refractivity contribution in [3.05, 3.63) is 57.4 Å². The minimum Gasteiger partial charge on any atom is -0.399 e. The Hall–Kier alpha value is -2.97. The molecule has 31 heavy (non-hydrogen) atoms. The lowest BCUT2D eigenvalue weighted by molar-refractivity contribution is 0.215. The Labute approximate surface area is 184 Å². The van der Waals surface area contributed by atoms with Crippen molar-refractivity contribution in [2.45, 2.75) is 39.2 Å². The lowest BCUT2D eigenvalue weighted by Crippen LogP contribution is -2.20. The summed E-state index contributed by atoms with van der Waals surface area (Å²) in [7, 11) is 1.41. The zero-order valence-corrected chi connectivity index (χ0v) is 18.5. The summed E-state index contributed by atoms with van der Waals surface area (Å²) in [6, 6.07) is 3.52. The van der Waals surface area contributed by atoms with Gasteiger partial charge in [0, 0.05) is 34.4 Å². The summed E-state index contributed by atoms with van der Waals surface area (Å²) in [5.41, 5.74) is 8.31. The van der Waals surface area contributed by atoms with Gasteiger partial charge in [0.15, 0.2) is 5.82 Å². The van der Waals surface area contributed by atoms with Crippen LogP contribution in [-0.2, 0) is 11.3 Å². The topological polar surface area (TPSA) is 98.3 Å². The van der Waals surface area contributed by atoms with E-state index in [1.54, 1.807) is 25.3 Å². The summed E-state index contributed by atoms with van der Waals surface area (Å²) in [5.74, 6) is -0.600. The Morgan fingerprint density at radius 1 is 1.52 bits per heavy atom. The first-order valence-electron chi connectivity index (χ1n) is 9.84. The van der Waals surface area contributed by atoms with E-state index in [1.807, 2.05) is 6.92 Å². The minimum atomic E-state index is -0.600. The molecule has 2 heterocycles. The maximum absolute atomic E-state index is 15.2. The van der Waals surface area contributed by atoms with Crippen molar-refractivity contribution in [1.82, 2.24) is 14.5 Å². The van der Waals surface area contributed by atoms with Crippen molar-refractivity contribution in [2.75, 3.05) is 7.11 Å². The number of hydrogen-bond donors (Lipinski definition) is 2. The van der Waals surface area contributed by atoms with Gasteiger partial charge in [-0.1, -0.05) is 23.3 Å². The van der Waals surface area contributed by atoms with Crippen LogP contribution in [0.3, 0.4) is 0 Å². The van der Waals surface area contributed by atoms with E-state index in [2.05, 4.69) is 21.7 Å². The van der Waals surface area contributed by atoms with Gasteiger partial charge in [0.2, 0.25) is 0 Å². The van der Waals surface area contributed by atoms with Crippen molar-refractivity contribution < 1.29 is 9.23 Å². The molecule has 3 rings (SSSR count). The predicted octanol–water partition coefficient (Wildman–Crippen LogP) is 4.32. The standard InChI is InChI=1S/C22H25ClFN5O2/c1-12(2)29-11-15-9-18(27-21(15)28-22(29)30)16-8-14(7-5-6-13(3)25)17(10-26-31-4)19(23)20(16)24/h8-11,13H,1,5-7,25H2,2-4H3,(H,27,28,30)/b26-10+/t13-/m0/s1. The Morgan fingerprint density at radius 2 is 2.26 bits per heavy atom. The first-order valence-corrected chi connectivity index (χ1v) is 10.2. The molecular weight excluding hydrogens is 421 g/mol. The first-order chi connectivity index (χ1) is 14.7. The highest BCUT2D eigenvalue weighted by atomic mass is 35.5. The quantitative estimate of drug-likeness (QED) is 0.398. The number of nitrogens with zero attached hydrogens (tertiary/aromatic N) is 3. The van der Waals surface area contributed by atoms with Crippen LogP contribution in [0.5, 0.6) is 0 Å². The van der Waals surface area contributed by atoms with E-state index in [1.165, 1.54) is 17.9 Å². The molecule has 1 aromatic carbocycles. The van der Waals surface area contributed by atoms with Crippen LogP contribution in [0.25, 0.3) is 28.0 Å². The van der Waals surface area contributed by atoms with Gasteiger partial charge in [-0.3, -0.25) is 4.57 Å². The van der Waals surface area contributed by atoms with Crippen molar-refractivity contribution in [3.8, 4) is 11.3 Å². The van der Waals surface area contributed by atoms with Crippen molar-refractivity contribution in [1.29, 1.82) is 0 Å². The number of aryl methyl sites for hydroxylation is 1. The average molecular weight is 446 g/mol. The minimum absolute atomic E-state index is 0.0535. The number of benzene rings is 1. The molecule has 0 aliphatic carbocycles. The van der Waals surface area contributed by atoms with Gasteiger partial charge in [0.25, 0.3) is 0 Å². The monoisotopic (exact) mass is 445 g/mol. The summed E-state index contributed by atoms with van der Waals surface area (Å²) in [4.78, 5) is 24.0. The van der Waals surface area contributed by atoms with Gasteiger partial charge in [-0.2, -0.15) is 4.98 Å². The summed E-state index contributed by atoms with van der Waals surface area (Å²) in [5, 5.41) is 4.35. The average Bonchev–Trinajstić information content (AvgIpc) is 3.11. The molecule has 3 aromatic rings. The molecule has 0 bridgehead atoms. The van der Waals surface area contributed by atoms with E-state index in [0.29, 0.717) is 34.4 Å². The lowest BCUT2D eigenvalue weighted by atomic mass is 9.97. The number of halogens is 2. The van der Waals surface area contributed by atoms with E-state index in [0.717, 1.165) is 18.4 Å². The maximum atomic E-state index is 15.2. The highest BCUT2D eigenvalue weighted by Gasteiger charge is 2.19. The molecule has 164 valence electrons. The smallest absolute Gasteiger partial charge is 0.353 e. The molecule has 0 radical (unpaired) electrons. The van der Waals surface area contributed by atoms with Crippen molar-refractivity contribution in [2.24, 2.45) is 10.9 Å². The Morgan fingerprint density at radius 3 is 2.90 bits per heavy atom. The van der Waals surface area contributed by atoms with Crippen molar-refractivity contribution >= 4 is 34.5 Å². The molecule has 3 N–H and O–H groups in total. The molecule has 0 saturated carbocycles. The van der Waals surface area contributed by atoms with Crippen LogP contribution in [0, 0.1) is 5.82 Å². The SMILES string of the molecule is C=C(C)n1cc2cc(-c3cc(CCC[C@H](C)N)c(/C=N/OC)c(Cl)c3F)[nH]c2nc1=O. The van der Waals surface area contributed by atoms with Gasteiger partial charge >= 0.3 is 5.69 Å². The predicted molar refractivity (Wildman–Crippen MR) is 123 cm³/mol. The van der Waals surface area contributed by atoms with Gasteiger partial charge in [0.1, 0.15) is 12.8 Å². The van der Waals surface area contributed by atoms with Crippen LogP contribution in [0.2, 0.25) is 5.02 Å². The Bertz CT molecular complexity index is 1210. The lowest BCUT2D eigenvalue weighted by Gasteiger charge is -2.13. The second-order valence-electron chi connectivity index (χ2n) is 7.53. The van der Waals surface area contributed by atoms with E-state index in [-0.39, 0.29) is 16.6 Å². The molecule has 0 spiro atoms. The third-order valence-corrected chi connectivity index (χ3v) is 5.30. The van der Waals surface area contributed by atoms with Crippen LogP contribution >= 0.6 is 11.6 Å². The second-order valence-corrected chi connectivity index (χ2v) is 7.91. The Balaban J connectivity index is 2.13. The van der Waals surface area contributed by atoms with Gasteiger partial charge < -0.3 is 15.6 Å². The molecule has 7 nitrogen and oxygen atoms in total. The second kappa shape index (κ2) is 9.45. The number of hydrogen-bond acceptors (Lipinski definition) is 5. The summed E-state index contributed by atoms with van der Waals surface area (Å²) in [6.07, 6.45) is 5.28. The van der Waals surface area contributed by atoms with Gasteiger partial charge in [0.05, 0.1) is 16.9 Å². The molecule has 0 amide bonds. The summed E-state index contributed by atoms with van der Waals surface area (Å²) >= 11 is 6.38. The number of aromatic nitrogens is 3. The molecule has 2 aromatic heterocycles. The molecular formula is C22H25ClFN5O2. The van der Waals surface area contributed by atoms with E-state index < -0.39 is 11.5 Å². The van der Waals surface area contributed by atoms with Crippen LogP contribution in [0.4, 0.5) is 4.39 Å². The third kappa shape index (κ3) is 4.86. The third-order valence-electron chi connectivity index (χ3n) is 4.93. The first kappa shape index (κ1) is 22.7. The van der Waals surface area contributed by atoms with Crippen LogP contribution in [0.15, 0.2) is 34.9 Å². The zero-order chi connectivity index (χ0) is 22.7. The number of H-pyrrole nitrogens is 1. The van der Waals surface area contributed by atoms with Crippen LogP contribution < -0.4 is 11.4 Å². The highest BCUT2D eigenvalue weighted by molar-refractivity contribution is 6.33. The van der Waals surface area contributed by atoms with Crippen LogP contribution in [-0.4, -0.2) is 33.9 Å². The fraction of sp³-hybridized carbons (Fsp3) is 0.318. The number of rotatable bonds is 8. The van der Waals surface area contributed by atoms with Gasteiger partial charge in [-0.05, 0) is 50.8 Å². The van der Waals surface area contributed by atoms with Crippen molar-refractivity contribution in [3.63, 3.8) is 0 Å². The highest BCUT2D eigenvalue weighted by Crippen LogP contribution is 2.34. The Kier molecular flexibility index (Phi) is 6.92. The molecule has 0 aliphatic rings. The molecule has 0 saturated heterocycles. The molecule has 0 unspecified atom stereocenters. The largest absolute Gasteiger partial charge is 0.399 e. The number of aromatic amines is 1. The van der Waals surface area contributed by atoms with E-state index in [9.17, 15) is 4.79 Å². The number of fused-ring (bicyclic) bond motifs is 1. The van der Waals surface area contributed by atoms with E-state index >= 15 is 4.39 Å². The molecule has 1 atom stereocenters. The summed E-state index contributed by atoms with van der Waals surface area (Å²) in [6.45, 7) is 7.42. The van der Waals surface area contributed by atoms with E-state index in [4.69, 9.17) is 22.2 Å². The van der Waals surface area contributed by atoms with Gasteiger partial charge in [-0.25, -0.2) is 9.18 Å². The molecule has 0 fully saturated rings. The normalized spacial score (nSPS) is 12.6.